The predicted molar refractivity (Wildman–Crippen MR) is 76.7 cm³/mol. The van der Waals surface area contributed by atoms with Crippen LogP contribution in [-0.4, -0.2) is 30.1 Å². The van der Waals surface area contributed by atoms with Crippen molar-refractivity contribution in [3.8, 4) is 0 Å². The Bertz CT molecular complexity index is 343. The van der Waals surface area contributed by atoms with Gasteiger partial charge in [-0.3, -0.25) is 0 Å². The number of nitrogens with zero attached hydrogens (tertiary/aromatic N) is 3. The Hall–Kier alpha value is -0.840. The van der Waals surface area contributed by atoms with Gasteiger partial charge in [-0.15, -0.1) is 0 Å². The van der Waals surface area contributed by atoms with Crippen molar-refractivity contribution in [1.29, 1.82) is 0 Å². The smallest absolute Gasteiger partial charge is 0.148 e. The molecule has 1 heterocycles. The zero-order chi connectivity index (χ0) is 12.7. The van der Waals surface area contributed by atoms with Crippen LogP contribution in [0.3, 0.4) is 0 Å². The number of unbranched alkanes of at least 4 members (excludes halogenated alkanes) is 2. The number of anilines is 2. The Kier molecular flexibility index (Phi) is 6.26. The average Bonchev–Trinajstić information content (AvgIpc) is 2.32. The van der Waals surface area contributed by atoms with Crippen molar-refractivity contribution in [3.05, 3.63) is 10.8 Å². The lowest BCUT2D eigenvalue weighted by molar-refractivity contribution is 0.700. The minimum Gasteiger partial charge on any atom is -0.369 e. The van der Waals surface area contributed by atoms with E-state index >= 15 is 0 Å². The van der Waals surface area contributed by atoms with Crippen LogP contribution in [0.1, 0.15) is 33.1 Å². The zero-order valence-corrected chi connectivity index (χ0v) is 12.4. The molecule has 1 rings (SSSR count). The number of hydrogen-bond donors (Lipinski definition) is 1. The van der Waals surface area contributed by atoms with E-state index in [4.69, 9.17) is 0 Å². The molecular formula is C12H21BrN4. The summed E-state index contributed by atoms with van der Waals surface area (Å²) in [6.45, 7) is 6.15. The van der Waals surface area contributed by atoms with E-state index in [1.165, 1.54) is 19.3 Å². The fourth-order valence-corrected chi connectivity index (χ4v) is 2.27. The van der Waals surface area contributed by atoms with Gasteiger partial charge in [0.25, 0.3) is 0 Å². The summed E-state index contributed by atoms with van der Waals surface area (Å²) in [5.74, 6) is 1.81. The van der Waals surface area contributed by atoms with Gasteiger partial charge in [-0.25, -0.2) is 9.97 Å². The molecule has 1 aromatic rings. The second kappa shape index (κ2) is 7.48. The van der Waals surface area contributed by atoms with E-state index in [0.29, 0.717) is 0 Å². The molecule has 0 spiro atoms. The first kappa shape index (κ1) is 14.2. The van der Waals surface area contributed by atoms with Gasteiger partial charge in [-0.05, 0) is 29.3 Å². The second-order valence-corrected chi connectivity index (χ2v) is 4.81. The predicted octanol–water partition coefficient (Wildman–Crippen LogP) is 3.30. The summed E-state index contributed by atoms with van der Waals surface area (Å²) in [5.41, 5.74) is 0. The molecular weight excluding hydrogens is 280 g/mol. The molecule has 0 saturated carbocycles. The average molecular weight is 301 g/mol. The SMILES string of the molecule is CCCCCN(C)c1ncnc(NCC)c1Br. The van der Waals surface area contributed by atoms with Crippen molar-refractivity contribution < 1.29 is 0 Å². The fraction of sp³-hybridized carbons (Fsp3) is 0.667. The van der Waals surface area contributed by atoms with Crippen LogP contribution in [-0.2, 0) is 0 Å². The molecule has 0 aliphatic rings. The third-order valence-corrected chi connectivity index (χ3v) is 3.30. The van der Waals surface area contributed by atoms with Crippen LogP contribution in [0.25, 0.3) is 0 Å². The van der Waals surface area contributed by atoms with Crippen molar-refractivity contribution in [2.75, 3.05) is 30.4 Å². The van der Waals surface area contributed by atoms with Crippen molar-refractivity contribution in [2.45, 2.75) is 33.1 Å². The Labute approximate surface area is 112 Å². The summed E-state index contributed by atoms with van der Waals surface area (Å²) in [6, 6.07) is 0. The molecule has 4 nitrogen and oxygen atoms in total. The van der Waals surface area contributed by atoms with E-state index in [0.717, 1.165) is 29.2 Å². The van der Waals surface area contributed by atoms with Crippen LogP contribution in [0.5, 0.6) is 0 Å². The third-order valence-electron chi connectivity index (χ3n) is 2.57. The lowest BCUT2D eigenvalue weighted by Gasteiger charge is -2.20. The first-order chi connectivity index (χ1) is 8.20. The summed E-state index contributed by atoms with van der Waals surface area (Å²) in [4.78, 5) is 10.7. The van der Waals surface area contributed by atoms with Crippen LogP contribution in [0.2, 0.25) is 0 Å². The highest BCUT2D eigenvalue weighted by Crippen LogP contribution is 2.28. The van der Waals surface area contributed by atoms with Gasteiger partial charge in [0.2, 0.25) is 0 Å². The Morgan fingerprint density at radius 2 is 2.06 bits per heavy atom. The standard InChI is InChI=1S/C12H21BrN4/c1-4-6-7-8-17(3)12-10(13)11(14-5-2)15-9-16-12/h9H,4-8H2,1-3H3,(H,14,15,16). The highest BCUT2D eigenvalue weighted by molar-refractivity contribution is 9.10. The maximum absolute atomic E-state index is 4.33. The highest BCUT2D eigenvalue weighted by Gasteiger charge is 2.11. The quantitative estimate of drug-likeness (QED) is 0.785. The lowest BCUT2D eigenvalue weighted by atomic mass is 10.2. The minimum atomic E-state index is 0.856. The number of rotatable bonds is 7. The molecule has 0 aliphatic heterocycles. The zero-order valence-electron chi connectivity index (χ0n) is 10.8. The summed E-state index contributed by atoms with van der Waals surface area (Å²) in [6.07, 6.45) is 5.29. The molecule has 0 saturated heterocycles. The van der Waals surface area contributed by atoms with Gasteiger partial charge in [0.05, 0.1) is 0 Å². The van der Waals surface area contributed by atoms with E-state index in [1.54, 1.807) is 6.33 Å². The van der Waals surface area contributed by atoms with Crippen molar-refractivity contribution in [3.63, 3.8) is 0 Å². The van der Waals surface area contributed by atoms with Gasteiger partial charge in [0, 0.05) is 20.1 Å². The van der Waals surface area contributed by atoms with Gasteiger partial charge in [-0.2, -0.15) is 0 Å². The Morgan fingerprint density at radius 1 is 1.29 bits per heavy atom. The Morgan fingerprint density at radius 3 is 2.71 bits per heavy atom. The molecule has 0 aromatic carbocycles. The maximum atomic E-state index is 4.33. The van der Waals surface area contributed by atoms with E-state index < -0.39 is 0 Å². The largest absolute Gasteiger partial charge is 0.369 e. The van der Waals surface area contributed by atoms with Crippen molar-refractivity contribution >= 4 is 27.6 Å². The summed E-state index contributed by atoms with van der Waals surface area (Å²) >= 11 is 3.56. The molecule has 1 aromatic heterocycles. The molecule has 0 fully saturated rings. The van der Waals surface area contributed by atoms with Gasteiger partial charge in [0.15, 0.2) is 0 Å². The molecule has 0 unspecified atom stereocenters. The van der Waals surface area contributed by atoms with Crippen LogP contribution in [0.15, 0.2) is 10.8 Å². The molecule has 0 atom stereocenters. The van der Waals surface area contributed by atoms with Gasteiger partial charge >= 0.3 is 0 Å². The van der Waals surface area contributed by atoms with E-state index in [9.17, 15) is 0 Å². The maximum Gasteiger partial charge on any atom is 0.148 e. The highest BCUT2D eigenvalue weighted by atomic mass is 79.9. The van der Waals surface area contributed by atoms with Gasteiger partial charge in [0.1, 0.15) is 22.4 Å². The van der Waals surface area contributed by atoms with E-state index in [-0.39, 0.29) is 0 Å². The van der Waals surface area contributed by atoms with Gasteiger partial charge < -0.3 is 10.2 Å². The van der Waals surface area contributed by atoms with Crippen molar-refractivity contribution in [1.82, 2.24) is 9.97 Å². The van der Waals surface area contributed by atoms with Crippen molar-refractivity contribution in [2.24, 2.45) is 0 Å². The van der Waals surface area contributed by atoms with Gasteiger partial charge in [-0.1, -0.05) is 19.8 Å². The third kappa shape index (κ3) is 4.15. The minimum absolute atomic E-state index is 0.856. The monoisotopic (exact) mass is 300 g/mol. The molecule has 96 valence electrons. The summed E-state index contributed by atoms with van der Waals surface area (Å²) < 4.78 is 0.945. The first-order valence-corrected chi connectivity index (χ1v) is 6.95. The van der Waals surface area contributed by atoms with E-state index in [1.807, 2.05) is 0 Å². The fourth-order valence-electron chi connectivity index (χ4n) is 1.62. The first-order valence-electron chi connectivity index (χ1n) is 6.16. The normalized spacial score (nSPS) is 10.4. The molecule has 0 aliphatic carbocycles. The van der Waals surface area contributed by atoms with Crippen LogP contribution < -0.4 is 10.2 Å². The van der Waals surface area contributed by atoms with Crippen LogP contribution >= 0.6 is 15.9 Å². The number of nitrogens with one attached hydrogen (secondary N) is 1. The van der Waals surface area contributed by atoms with E-state index in [2.05, 4.69) is 57.0 Å². The summed E-state index contributed by atoms with van der Waals surface area (Å²) in [7, 11) is 2.07. The number of halogens is 1. The lowest BCUT2D eigenvalue weighted by Crippen LogP contribution is -2.20. The Balaban J connectivity index is 2.72. The molecule has 0 bridgehead atoms. The molecule has 5 heteroatoms. The molecule has 17 heavy (non-hydrogen) atoms. The number of hydrogen-bond acceptors (Lipinski definition) is 4. The summed E-state index contributed by atoms with van der Waals surface area (Å²) in [5, 5.41) is 3.21. The number of aromatic nitrogens is 2. The molecule has 0 radical (unpaired) electrons. The molecule has 0 amide bonds. The second-order valence-electron chi connectivity index (χ2n) is 4.02. The topological polar surface area (TPSA) is 41.1 Å². The van der Waals surface area contributed by atoms with Crippen LogP contribution in [0, 0.1) is 0 Å². The molecule has 1 N–H and O–H groups in total. The van der Waals surface area contributed by atoms with Crippen LogP contribution in [0.4, 0.5) is 11.6 Å².